The van der Waals surface area contributed by atoms with Crippen molar-refractivity contribution in [2.45, 2.75) is 39.2 Å². The number of carbonyl (C=O) groups excluding carboxylic acids is 1. The van der Waals surface area contributed by atoms with E-state index in [0.717, 1.165) is 19.3 Å². The van der Waals surface area contributed by atoms with Gasteiger partial charge in [-0.05, 0) is 18.8 Å². The fraction of sp³-hybridized carbons (Fsp3) is 0.833. The number of aliphatic carboxylic acids is 1. The Hall–Kier alpha value is -1.10. The highest BCUT2D eigenvalue weighted by atomic mass is 16.4. The molecule has 0 aromatic carbocycles. The Morgan fingerprint density at radius 1 is 1.35 bits per heavy atom. The van der Waals surface area contributed by atoms with E-state index in [1.165, 1.54) is 0 Å². The Balaban J connectivity index is 2.25. The third kappa shape index (κ3) is 4.73. The van der Waals surface area contributed by atoms with Crippen LogP contribution in [0, 0.1) is 11.8 Å². The molecular formula is C12H22N2O3. The molecule has 1 fully saturated rings. The Morgan fingerprint density at radius 2 is 2.06 bits per heavy atom. The molecule has 0 heterocycles. The smallest absolute Gasteiger partial charge is 0.306 e. The number of rotatable bonds is 6. The maximum atomic E-state index is 11.5. The molecule has 0 aromatic heterocycles. The van der Waals surface area contributed by atoms with Crippen LogP contribution in [0.3, 0.4) is 0 Å². The van der Waals surface area contributed by atoms with Gasteiger partial charge in [-0.2, -0.15) is 0 Å². The lowest BCUT2D eigenvalue weighted by atomic mass is 9.96. The van der Waals surface area contributed by atoms with Crippen LogP contribution >= 0.6 is 0 Å². The molecule has 0 aliphatic heterocycles. The van der Waals surface area contributed by atoms with Gasteiger partial charge in [-0.1, -0.05) is 20.3 Å². The van der Waals surface area contributed by atoms with Crippen LogP contribution in [-0.2, 0) is 9.59 Å². The summed E-state index contributed by atoms with van der Waals surface area (Å²) in [5, 5.41) is 14.8. The van der Waals surface area contributed by atoms with Crippen LogP contribution in [0.5, 0.6) is 0 Å². The van der Waals surface area contributed by atoms with Gasteiger partial charge in [0.05, 0.1) is 12.5 Å². The van der Waals surface area contributed by atoms with Gasteiger partial charge >= 0.3 is 5.97 Å². The van der Waals surface area contributed by atoms with E-state index in [0.29, 0.717) is 13.1 Å². The highest BCUT2D eigenvalue weighted by molar-refractivity contribution is 5.78. The number of hydrogen-bond acceptors (Lipinski definition) is 3. The third-order valence-corrected chi connectivity index (χ3v) is 3.21. The first-order chi connectivity index (χ1) is 8.00. The van der Waals surface area contributed by atoms with Crippen molar-refractivity contribution in [2.75, 3.05) is 13.1 Å². The minimum atomic E-state index is -0.734. The molecule has 98 valence electrons. The molecule has 1 amide bonds. The maximum absolute atomic E-state index is 11.5. The van der Waals surface area contributed by atoms with Gasteiger partial charge in [0.2, 0.25) is 5.91 Å². The number of carboxylic acid groups (broad SMARTS) is 1. The third-order valence-electron chi connectivity index (χ3n) is 3.21. The number of carbonyl (C=O) groups is 2. The second-order valence-corrected chi connectivity index (χ2v) is 4.98. The van der Waals surface area contributed by atoms with E-state index in [9.17, 15) is 9.59 Å². The normalized spacial score (nSPS) is 23.9. The van der Waals surface area contributed by atoms with Crippen LogP contribution in [0.1, 0.15) is 33.1 Å². The fourth-order valence-corrected chi connectivity index (χ4v) is 2.21. The maximum Gasteiger partial charge on any atom is 0.306 e. The zero-order valence-corrected chi connectivity index (χ0v) is 10.5. The molecule has 0 aromatic rings. The summed E-state index contributed by atoms with van der Waals surface area (Å²) in [6.45, 7) is 4.73. The van der Waals surface area contributed by atoms with Crippen LogP contribution < -0.4 is 10.6 Å². The van der Waals surface area contributed by atoms with Crippen molar-refractivity contribution < 1.29 is 14.7 Å². The quantitative estimate of drug-likeness (QED) is 0.637. The summed E-state index contributed by atoms with van der Waals surface area (Å²) < 4.78 is 0. The van der Waals surface area contributed by atoms with Crippen molar-refractivity contribution in [3.8, 4) is 0 Å². The SMILES string of the molecule is CC(C)NCC(=O)NCC1CCCC1C(=O)O. The van der Waals surface area contributed by atoms with E-state index >= 15 is 0 Å². The Bertz CT molecular complexity index is 279. The first-order valence-electron chi connectivity index (χ1n) is 6.23. The van der Waals surface area contributed by atoms with Crippen LogP contribution in [0.4, 0.5) is 0 Å². The second kappa shape index (κ2) is 6.59. The second-order valence-electron chi connectivity index (χ2n) is 4.98. The summed E-state index contributed by atoms with van der Waals surface area (Å²) in [6.07, 6.45) is 2.58. The molecule has 5 heteroatoms. The number of amides is 1. The Kier molecular flexibility index (Phi) is 5.41. The predicted molar refractivity (Wildman–Crippen MR) is 64.6 cm³/mol. The summed E-state index contributed by atoms with van der Waals surface area (Å²) in [5.74, 6) is -0.986. The molecule has 3 N–H and O–H groups in total. The average Bonchev–Trinajstić information content (AvgIpc) is 2.71. The molecule has 0 bridgehead atoms. The van der Waals surface area contributed by atoms with E-state index in [1.54, 1.807) is 0 Å². The van der Waals surface area contributed by atoms with Crippen LogP contribution in [0.25, 0.3) is 0 Å². The van der Waals surface area contributed by atoms with Crippen molar-refractivity contribution in [3.63, 3.8) is 0 Å². The van der Waals surface area contributed by atoms with Gasteiger partial charge in [0.25, 0.3) is 0 Å². The summed E-state index contributed by atoms with van der Waals surface area (Å²) in [7, 11) is 0. The number of nitrogens with one attached hydrogen (secondary N) is 2. The van der Waals surface area contributed by atoms with E-state index in [4.69, 9.17) is 5.11 Å². The van der Waals surface area contributed by atoms with Gasteiger partial charge in [0.15, 0.2) is 0 Å². The van der Waals surface area contributed by atoms with E-state index in [-0.39, 0.29) is 23.8 Å². The zero-order chi connectivity index (χ0) is 12.8. The van der Waals surface area contributed by atoms with Crippen molar-refractivity contribution in [3.05, 3.63) is 0 Å². The minimum absolute atomic E-state index is 0.0604. The monoisotopic (exact) mass is 242 g/mol. The summed E-state index contributed by atoms with van der Waals surface area (Å²) in [4.78, 5) is 22.4. The predicted octanol–water partition coefficient (Wildman–Crippen LogP) is 0.601. The molecule has 1 aliphatic rings. The Morgan fingerprint density at radius 3 is 2.65 bits per heavy atom. The summed E-state index contributed by atoms with van der Waals surface area (Å²) >= 11 is 0. The van der Waals surface area contributed by atoms with E-state index < -0.39 is 5.97 Å². The molecular weight excluding hydrogens is 220 g/mol. The molecule has 2 unspecified atom stereocenters. The van der Waals surface area contributed by atoms with E-state index in [1.807, 2.05) is 13.8 Å². The molecule has 0 saturated heterocycles. The molecule has 1 rings (SSSR count). The lowest BCUT2D eigenvalue weighted by Gasteiger charge is -2.16. The van der Waals surface area contributed by atoms with Gasteiger partial charge in [0.1, 0.15) is 0 Å². The van der Waals surface area contributed by atoms with E-state index in [2.05, 4.69) is 10.6 Å². The van der Waals surface area contributed by atoms with Crippen molar-refractivity contribution in [2.24, 2.45) is 11.8 Å². The fourth-order valence-electron chi connectivity index (χ4n) is 2.21. The molecule has 2 atom stereocenters. The van der Waals surface area contributed by atoms with Crippen molar-refractivity contribution >= 4 is 11.9 Å². The summed E-state index contributed by atoms with van der Waals surface area (Å²) in [5.41, 5.74) is 0. The van der Waals surface area contributed by atoms with Gasteiger partial charge in [-0.3, -0.25) is 9.59 Å². The lowest BCUT2D eigenvalue weighted by molar-refractivity contribution is -0.143. The lowest BCUT2D eigenvalue weighted by Crippen LogP contribution is -2.40. The van der Waals surface area contributed by atoms with Gasteiger partial charge in [-0.25, -0.2) is 0 Å². The Labute approximate surface area is 102 Å². The minimum Gasteiger partial charge on any atom is -0.481 e. The molecule has 17 heavy (non-hydrogen) atoms. The first kappa shape index (κ1) is 14.0. The van der Waals surface area contributed by atoms with Crippen LogP contribution in [0.15, 0.2) is 0 Å². The zero-order valence-electron chi connectivity index (χ0n) is 10.5. The highest BCUT2D eigenvalue weighted by Gasteiger charge is 2.32. The molecule has 0 radical (unpaired) electrons. The number of carboxylic acids is 1. The topological polar surface area (TPSA) is 78.4 Å². The van der Waals surface area contributed by atoms with Gasteiger partial charge in [0, 0.05) is 12.6 Å². The van der Waals surface area contributed by atoms with Gasteiger partial charge in [-0.15, -0.1) is 0 Å². The standard InChI is InChI=1S/C12H22N2O3/c1-8(2)13-7-11(15)14-6-9-4-3-5-10(9)12(16)17/h8-10,13H,3-7H2,1-2H3,(H,14,15)(H,16,17). The summed E-state index contributed by atoms with van der Waals surface area (Å²) in [6, 6.07) is 0.277. The first-order valence-corrected chi connectivity index (χ1v) is 6.23. The van der Waals surface area contributed by atoms with Crippen molar-refractivity contribution in [1.29, 1.82) is 0 Å². The molecule has 1 aliphatic carbocycles. The van der Waals surface area contributed by atoms with Crippen LogP contribution in [0.2, 0.25) is 0 Å². The molecule has 0 spiro atoms. The number of hydrogen-bond donors (Lipinski definition) is 3. The average molecular weight is 242 g/mol. The van der Waals surface area contributed by atoms with Gasteiger partial charge < -0.3 is 15.7 Å². The largest absolute Gasteiger partial charge is 0.481 e. The van der Waals surface area contributed by atoms with Crippen molar-refractivity contribution in [1.82, 2.24) is 10.6 Å². The highest BCUT2D eigenvalue weighted by Crippen LogP contribution is 2.31. The molecule has 1 saturated carbocycles. The molecule has 5 nitrogen and oxygen atoms in total. The van der Waals surface area contributed by atoms with Crippen LogP contribution in [-0.4, -0.2) is 36.1 Å².